The molecule has 0 fully saturated rings. The normalized spacial score (nSPS) is 9.95. The average Bonchev–Trinajstić information content (AvgIpc) is 0.856. The third-order valence-electron chi connectivity index (χ3n) is 20.9. The van der Waals surface area contributed by atoms with Crippen molar-refractivity contribution in [3.8, 4) is 135 Å². The maximum atomic E-state index is 4.49. The fraction of sp³-hybridized carbons (Fsp3) is 0.0820. The Bertz CT molecular complexity index is 5970. The predicted octanol–water partition coefficient (Wildman–Crippen LogP) is 30.1. The van der Waals surface area contributed by atoms with Crippen LogP contribution < -0.4 is 0 Å². The van der Waals surface area contributed by atoms with Crippen molar-refractivity contribution in [2.75, 3.05) is 0 Å². The van der Waals surface area contributed by atoms with Gasteiger partial charge in [-0.05, 0) is 167 Å². The molecule has 0 atom stereocenters. The molecule has 0 unspecified atom stereocenters. The minimum Gasteiger partial charge on any atom is -0.304 e. The third-order valence-corrected chi connectivity index (χ3v) is 20.9. The van der Waals surface area contributed by atoms with Gasteiger partial charge in [-0.1, -0.05) is 230 Å². The summed E-state index contributed by atoms with van der Waals surface area (Å²) in [5.74, 6) is 0.645. The zero-order valence-electron chi connectivity index (χ0n) is 75.8. The Morgan fingerprint density at radius 1 is 0.209 bits per heavy atom. The minimum absolute atomic E-state index is 0. The molecule has 672 valence electrons. The number of hydrogen-bond acceptors (Lipinski definition) is 8. The van der Waals surface area contributed by atoms with Crippen LogP contribution in [0.15, 0.2) is 444 Å². The summed E-state index contributed by atoms with van der Waals surface area (Å²) in [7, 11) is 0. The summed E-state index contributed by atoms with van der Waals surface area (Å²) in [5.41, 5.74) is 34.3. The van der Waals surface area contributed by atoms with Gasteiger partial charge in [0.15, 0.2) is 0 Å². The van der Waals surface area contributed by atoms with Gasteiger partial charge in [-0.25, -0.2) is 0 Å². The number of nitrogens with zero attached hydrogens (tertiary/aromatic N) is 8. The first-order valence-electron chi connectivity index (χ1n) is 43.4. The van der Waals surface area contributed by atoms with E-state index in [1.54, 1.807) is 0 Å². The Hall–Kier alpha value is -13.6. The van der Waals surface area contributed by atoms with Gasteiger partial charge in [-0.3, -0.25) is 0 Å². The van der Waals surface area contributed by atoms with E-state index < -0.39 is 0 Å². The molecule has 134 heavy (non-hydrogen) atoms. The first kappa shape index (κ1) is 104. The second-order valence-electron chi connectivity index (χ2n) is 30.9. The monoisotopic (exact) mass is 2450 g/mol. The van der Waals surface area contributed by atoms with E-state index in [-0.39, 0.29) is 80.4 Å². The van der Waals surface area contributed by atoms with Crippen LogP contribution in [0.5, 0.6) is 0 Å². The van der Waals surface area contributed by atoms with Crippen LogP contribution in [0.3, 0.4) is 0 Å². The molecule has 0 saturated heterocycles. The largest absolute Gasteiger partial charge is 0.304 e. The van der Waals surface area contributed by atoms with Gasteiger partial charge in [-0.2, -0.15) is 0 Å². The van der Waals surface area contributed by atoms with E-state index in [1.165, 1.54) is 61.2 Å². The van der Waals surface area contributed by atoms with Gasteiger partial charge in [0.2, 0.25) is 0 Å². The van der Waals surface area contributed by atoms with E-state index in [2.05, 4.69) is 241 Å². The van der Waals surface area contributed by atoms with Crippen molar-refractivity contribution in [1.29, 1.82) is 0 Å². The third kappa shape index (κ3) is 32.1. The van der Waals surface area contributed by atoms with Crippen molar-refractivity contribution in [1.82, 2.24) is 39.9 Å². The zero-order chi connectivity index (χ0) is 90.1. The summed E-state index contributed by atoms with van der Waals surface area (Å²) in [4.78, 5) is 35.6. The minimum atomic E-state index is 0. The Morgan fingerprint density at radius 2 is 0.507 bits per heavy atom. The summed E-state index contributed by atoms with van der Waals surface area (Å²) in [6, 6.07) is 157. The molecule has 0 aliphatic rings. The van der Waals surface area contributed by atoms with Gasteiger partial charge in [-0.15, -0.1) is 287 Å². The molecule has 8 heterocycles. The molecule has 0 spiro atoms. The fourth-order valence-electron chi connectivity index (χ4n) is 13.8. The van der Waals surface area contributed by atoms with Crippen LogP contribution in [0.1, 0.15) is 52.8 Å². The SMILES string of the molecule is CC(C)Cc1cccnc1-c1[c-]cccc1.Cc1ccnc(-c2[c-]cccc2)c1C.Cc1cnc(-c2[c-]cccc2)c(C)c1.Cc1cnc(-c2[c-]cccc2)cc1C.[Ir].[Ir].[Ir].[Ir].[c-]1ccccc1-c1ccc(-c2ccccc2)cn1.[c-]1ccccc1-c1ccc(-c2ccccc2)cn1.[c-]1ccccc1-c1ccc(-c2ccccc2)cn1.[c-]1ccccc1-c1ccc(-c2ccccc2)cn1. The molecule has 0 saturated carbocycles. The molecule has 20 aromatic rings. The molecule has 0 bridgehead atoms. The summed E-state index contributed by atoms with van der Waals surface area (Å²) in [5, 5.41) is 0. The van der Waals surface area contributed by atoms with Gasteiger partial charge in [0.25, 0.3) is 0 Å². The fourth-order valence-corrected chi connectivity index (χ4v) is 13.8. The van der Waals surface area contributed by atoms with Crippen LogP contribution in [0.2, 0.25) is 0 Å². The maximum Gasteiger partial charge on any atom is 0.0239 e. The van der Waals surface area contributed by atoms with E-state index in [9.17, 15) is 0 Å². The molecule has 12 aromatic carbocycles. The summed E-state index contributed by atoms with van der Waals surface area (Å²) in [6.45, 7) is 17.0. The van der Waals surface area contributed by atoms with Crippen LogP contribution in [0, 0.1) is 96.0 Å². The molecule has 4 radical (unpaired) electrons. The van der Waals surface area contributed by atoms with Gasteiger partial charge < -0.3 is 39.9 Å². The summed E-state index contributed by atoms with van der Waals surface area (Å²) in [6.07, 6.45) is 16.2. The molecule has 0 aliphatic carbocycles. The van der Waals surface area contributed by atoms with Crippen molar-refractivity contribution in [3.63, 3.8) is 0 Å². The van der Waals surface area contributed by atoms with E-state index in [0.717, 1.165) is 119 Å². The second-order valence-corrected chi connectivity index (χ2v) is 30.9. The van der Waals surface area contributed by atoms with Crippen LogP contribution in [-0.4, -0.2) is 39.9 Å². The van der Waals surface area contributed by atoms with Crippen molar-refractivity contribution >= 4 is 0 Å². The van der Waals surface area contributed by atoms with Crippen LogP contribution >= 0.6 is 0 Å². The van der Waals surface area contributed by atoms with Crippen molar-refractivity contribution in [3.05, 3.63) is 531 Å². The predicted molar refractivity (Wildman–Crippen MR) is 537 cm³/mol. The van der Waals surface area contributed by atoms with E-state index in [4.69, 9.17) is 0 Å². The number of aryl methyl sites for hydroxylation is 5. The number of benzene rings is 12. The van der Waals surface area contributed by atoms with Crippen molar-refractivity contribution in [2.45, 2.75) is 61.8 Å². The van der Waals surface area contributed by atoms with E-state index >= 15 is 0 Å². The smallest absolute Gasteiger partial charge is 0.0239 e. The van der Waals surface area contributed by atoms with Gasteiger partial charge in [0.05, 0.1) is 0 Å². The first-order chi connectivity index (χ1) is 63.8. The van der Waals surface area contributed by atoms with Gasteiger partial charge in [0, 0.05) is 130 Å². The van der Waals surface area contributed by atoms with Crippen LogP contribution in [0.4, 0.5) is 0 Å². The summed E-state index contributed by atoms with van der Waals surface area (Å²) < 4.78 is 0. The zero-order valence-corrected chi connectivity index (χ0v) is 85.4. The number of hydrogen-bond donors (Lipinski definition) is 0. The van der Waals surface area contributed by atoms with Crippen LogP contribution in [-0.2, 0) is 86.8 Å². The standard InChI is InChI=1S/4C17H12N.C15H16N.3C13H12N.4Ir/c4*1-3-7-14(8-4-1)16-11-12-17(18-13-16)15-9-5-2-6-10-15;1-12(2)11-14-9-6-10-16-15(14)13-7-4-3-5-8-13;1-10-8-13(14-9-11(10)2)12-6-4-3-5-7-12;1-10-8-11(2)13(14-9-10)12-6-4-3-5-7-12;1-10-8-9-14-13(11(10)2)12-6-4-3-5-7-12;;;;/h4*1-9,11-13H;3-7,9-10,12H,11H2,1-2H3;3*3-6,8-9H,1-2H3;;;;/q8*-1;;;;. The Kier molecular flexibility index (Phi) is 43.8. The van der Waals surface area contributed by atoms with Crippen LogP contribution in [0.25, 0.3) is 135 Å². The van der Waals surface area contributed by atoms with Crippen molar-refractivity contribution < 1.29 is 80.4 Å². The van der Waals surface area contributed by atoms with E-state index in [1.807, 2.05) is 347 Å². The average molecular weight is 2450 g/mol. The molecule has 0 N–H and O–H groups in total. The molecule has 8 aromatic heterocycles. The van der Waals surface area contributed by atoms with Gasteiger partial charge >= 0.3 is 0 Å². The maximum absolute atomic E-state index is 4.49. The summed E-state index contributed by atoms with van der Waals surface area (Å²) >= 11 is 0. The van der Waals surface area contributed by atoms with Gasteiger partial charge in [0.1, 0.15) is 0 Å². The molecule has 0 amide bonds. The second kappa shape index (κ2) is 56.3. The number of pyridine rings is 8. The van der Waals surface area contributed by atoms with Crippen molar-refractivity contribution in [2.24, 2.45) is 5.92 Å². The number of rotatable bonds is 14. The molecular weight excluding hydrogens is 2350 g/mol. The molecule has 20 rings (SSSR count). The first-order valence-corrected chi connectivity index (χ1v) is 43.4. The molecule has 8 nitrogen and oxygen atoms in total. The Balaban J connectivity index is 0.000000172. The Labute approximate surface area is 846 Å². The molecule has 12 heteroatoms. The molecule has 0 aliphatic heterocycles. The topological polar surface area (TPSA) is 103 Å². The quantitative estimate of drug-likeness (QED) is 0.0992. The van der Waals surface area contributed by atoms with E-state index in [0.29, 0.717) is 5.92 Å². The Morgan fingerprint density at radius 3 is 0.806 bits per heavy atom. The number of aromatic nitrogens is 8. The molecular formula is C122H100Ir4N8-8.